The number of nitrogens with one attached hydrogen (secondary N) is 1. The van der Waals surface area contributed by atoms with Crippen molar-refractivity contribution >= 4 is 17.4 Å². The van der Waals surface area contributed by atoms with Crippen molar-refractivity contribution in [2.75, 3.05) is 11.6 Å². The normalized spacial score (nSPS) is 15.2. The summed E-state index contributed by atoms with van der Waals surface area (Å²) in [5.74, 6) is 0.263. The smallest absolute Gasteiger partial charge is 0.247 e. The summed E-state index contributed by atoms with van der Waals surface area (Å²) in [6.45, 7) is 1.79. The van der Waals surface area contributed by atoms with Crippen LogP contribution in [0.3, 0.4) is 0 Å². The number of nitrogens with zero attached hydrogens (tertiary/aromatic N) is 3. The molecule has 3 aromatic rings. The van der Waals surface area contributed by atoms with E-state index in [4.69, 9.17) is 4.74 Å². The zero-order valence-electron chi connectivity index (χ0n) is 14.1. The largest absolute Gasteiger partial charge is 0.508 e. The molecule has 1 aliphatic heterocycles. The van der Waals surface area contributed by atoms with E-state index in [-0.39, 0.29) is 11.5 Å². The number of phenols is 2. The fourth-order valence-electron chi connectivity index (χ4n) is 2.97. The van der Waals surface area contributed by atoms with Crippen molar-refractivity contribution in [1.29, 1.82) is 0 Å². The van der Waals surface area contributed by atoms with E-state index in [2.05, 4.69) is 20.5 Å². The molecule has 26 heavy (non-hydrogen) atoms. The van der Waals surface area contributed by atoms with Crippen LogP contribution in [0.25, 0.3) is 11.3 Å². The van der Waals surface area contributed by atoms with Crippen LogP contribution in [-0.4, -0.2) is 31.7 Å². The molecule has 0 saturated carbocycles. The number of aryl methyl sites for hydroxylation is 1. The van der Waals surface area contributed by atoms with Gasteiger partial charge in [-0.05, 0) is 30.9 Å². The van der Waals surface area contributed by atoms with Gasteiger partial charge in [0.05, 0.1) is 5.56 Å². The number of hydrogen-bond acceptors (Lipinski definition) is 8. The average molecular weight is 368 g/mol. The number of hydrogen-bond donors (Lipinski definition) is 3. The van der Waals surface area contributed by atoms with Gasteiger partial charge in [-0.3, -0.25) is 0 Å². The van der Waals surface area contributed by atoms with Gasteiger partial charge in [0.2, 0.25) is 17.3 Å². The molecule has 1 atom stereocenters. The Hall–Kier alpha value is -3.00. The number of thioether (sulfide) groups is 1. The lowest BCUT2D eigenvalue weighted by molar-refractivity contribution is 0.219. The van der Waals surface area contributed by atoms with E-state index >= 15 is 0 Å². The fourth-order valence-corrected chi connectivity index (χ4v) is 3.26. The Morgan fingerprint density at radius 3 is 2.73 bits per heavy atom. The molecule has 2 aromatic carbocycles. The first kappa shape index (κ1) is 16.5. The number of aromatic hydroxyl groups is 2. The number of phenolic OH excluding ortho intramolecular Hbond substituents is 2. The molecule has 2 heterocycles. The van der Waals surface area contributed by atoms with Crippen molar-refractivity contribution in [2.24, 2.45) is 0 Å². The Balaban J connectivity index is 1.90. The number of anilines is 1. The number of aromatic nitrogens is 3. The van der Waals surface area contributed by atoms with E-state index in [1.165, 1.54) is 17.8 Å². The second-order valence-corrected chi connectivity index (χ2v) is 6.61. The Bertz CT molecular complexity index is 973. The van der Waals surface area contributed by atoms with Crippen molar-refractivity contribution in [3.63, 3.8) is 0 Å². The van der Waals surface area contributed by atoms with E-state index in [1.54, 1.807) is 13.0 Å². The first-order valence-corrected chi connectivity index (χ1v) is 9.13. The first-order chi connectivity index (χ1) is 12.6. The molecular weight excluding hydrogens is 352 g/mol. The van der Waals surface area contributed by atoms with Gasteiger partial charge in [-0.25, -0.2) is 0 Å². The number of para-hydroxylation sites is 1. The molecule has 0 bridgehead atoms. The lowest BCUT2D eigenvalue weighted by Gasteiger charge is -2.22. The van der Waals surface area contributed by atoms with Crippen LogP contribution in [0.4, 0.5) is 5.69 Å². The van der Waals surface area contributed by atoms with Gasteiger partial charge in [0.25, 0.3) is 0 Å². The van der Waals surface area contributed by atoms with E-state index in [1.807, 2.05) is 30.5 Å². The molecule has 4 rings (SSSR count). The van der Waals surface area contributed by atoms with E-state index in [0.29, 0.717) is 27.9 Å². The topological polar surface area (TPSA) is 100 Å². The highest BCUT2D eigenvalue weighted by Gasteiger charge is 2.28. The summed E-state index contributed by atoms with van der Waals surface area (Å²) < 4.78 is 6.09. The molecule has 0 aliphatic carbocycles. The Morgan fingerprint density at radius 2 is 1.96 bits per heavy atom. The predicted molar refractivity (Wildman–Crippen MR) is 98.5 cm³/mol. The molecule has 0 amide bonds. The zero-order valence-corrected chi connectivity index (χ0v) is 14.9. The van der Waals surface area contributed by atoms with Gasteiger partial charge >= 0.3 is 0 Å². The second-order valence-electron chi connectivity index (χ2n) is 5.84. The molecule has 132 valence electrons. The monoisotopic (exact) mass is 368 g/mol. The van der Waals surface area contributed by atoms with Crippen LogP contribution >= 0.6 is 11.8 Å². The van der Waals surface area contributed by atoms with Crippen molar-refractivity contribution < 1.29 is 14.9 Å². The van der Waals surface area contributed by atoms with Gasteiger partial charge < -0.3 is 20.3 Å². The van der Waals surface area contributed by atoms with Gasteiger partial charge in [-0.2, -0.15) is 4.98 Å². The first-order valence-electron chi connectivity index (χ1n) is 7.90. The van der Waals surface area contributed by atoms with Crippen molar-refractivity contribution in [3.8, 4) is 28.6 Å². The predicted octanol–water partition coefficient (Wildman–Crippen LogP) is 3.48. The minimum absolute atomic E-state index is 0.00756. The van der Waals surface area contributed by atoms with Gasteiger partial charge in [0, 0.05) is 17.3 Å². The van der Waals surface area contributed by atoms with Crippen molar-refractivity contribution in [2.45, 2.75) is 18.3 Å². The van der Waals surface area contributed by atoms with Crippen LogP contribution in [0.15, 0.2) is 41.6 Å². The summed E-state index contributed by atoms with van der Waals surface area (Å²) in [4.78, 5) is 4.44. The summed E-state index contributed by atoms with van der Waals surface area (Å²) >= 11 is 1.37. The maximum atomic E-state index is 10.4. The minimum atomic E-state index is -0.704. The zero-order chi connectivity index (χ0) is 18.3. The SMILES string of the molecule is CSc1nnc2c(n1)OC(c1c(C)cc(O)cc1O)Nc1ccccc1-2. The third kappa shape index (κ3) is 2.78. The highest BCUT2D eigenvalue weighted by atomic mass is 32.2. The highest BCUT2D eigenvalue weighted by molar-refractivity contribution is 7.98. The van der Waals surface area contributed by atoms with Gasteiger partial charge in [-0.15, -0.1) is 10.2 Å². The van der Waals surface area contributed by atoms with E-state index in [9.17, 15) is 10.2 Å². The van der Waals surface area contributed by atoms with Crippen molar-refractivity contribution in [3.05, 3.63) is 47.5 Å². The second kappa shape index (κ2) is 6.38. The minimum Gasteiger partial charge on any atom is -0.508 e. The van der Waals surface area contributed by atoms with Crippen LogP contribution in [0, 0.1) is 6.92 Å². The van der Waals surface area contributed by atoms with E-state index < -0.39 is 6.23 Å². The van der Waals surface area contributed by atoms with Crippen molar-refractivity contribution in [1.82, 2.24) is 15.2 Å². The number of fused-ring (bicyclic) bond motifs is 3. The van der Waals surface area contributed by atoms with Gasteiger partial charge in [-0.1, -0.05) is 30.0 Å². The maximum Gasteiger partial charge on any atom is 0.247 e. The molecule has 1 aromatic heterocycles. The molecule has 0 fully saturated rings. The maximum absolute atomic E-state index is 10.4. The highest BCUT2D eigenvalue weighted by Crippen LogP contribution is 2.42. The summed E-state index contributed by atoms with van der Waals surface area (Å²) in [5.41, 5.74) is 3.34. The third-order valence-corrected chi connectivity index (χ3v) is 4.67. The molecule has 0 saturated heterocycles. The number of ether oxygens (including phenoxy) is 1. The standard InChI is InChI=1S/C18H16N4O3S/c1-9-7-10(23)8-13(24)14(9)16-19-12-6-4-3-5-11(12)15-17(25-16)20-18(26-2)22-21-15/h3-8,16,19,23-24H,1-2H3. The fraction of sp³-hybridized carbons (Fsp3) is 0.167. The lowest BCUT2D eigenvalue weighted by Crippen LogP contribution is -2.18. The molecule has 8 heteroatoms. The summed E-state index contributed by atoms with van der Waals surface area (Å²) in [7, 11) is 0. The Morgan fingerprint density at radius 1 is 1.15 bits per heavy atom. The lowest BCUT2D eigenvalue weighted by atomic mass is 10.0. The van der Waals surface area contributed by atoms with Crippen LogP contribution < -0.4 is 10.1 Å². The quantitative estimate of drug-likeness (QED) is 0.591. The van der Waals surface area contributed by atoms with Crippen LogP contribution in [0.2, 0.25) is 0 Å². The Labute approximate surface area is 154 Å². The van der Waals surface area contributed by atoms with Gasteiger partial charge in [0.1, 0.15) is 11.5 Å². The summed E-state index contributed by atoms with van der Waals surface area (Å²) in [6.07, 6.45) is 1.16. The molecule has 0 radical (unpaired) electrons. The third-order valence-electron chi connectivity index (χ3n) is 4.13. The molecule has 7 nitrogen and oxygen atoms in total. The molecule has 3 N–H and O–H groups in total. The molecule has 0 spiro atoms. The Kier molecular flexibility index (Phi) is 4.04. The molecule has 1 aliphatic rings. The van der Waals surface area contributed by atoms with Crippen LogP contribution in [0.1, 0.15) is 17.4 Å². The van der Waals surface area contributed by atoms with Crippen LogP contribution in [0.5, 0.6) is 17.4 Å². The molecule has 1 unspecified atom stereocenters. The average Bonchev–Trinajstić information content (AvgIpc) is 2.76. The summed E-state index contributed by atoms with van der Waals surface area (Å²) in [5, 5.41) is 32.2. The number of rotatable bonds is 2. The van der Waals surface area contributed by atoms with Gasteiger partial charge in [0.15, 0.2) is 5.69 Å². The van der Waals surface area contributed by atoms with Crippen LogP contribution in [-0.2, 0) is 0 Å². The molecular formula is C18H16N4O3S. The number of benzene rings is 2. The van der Waals surface area contributed by atoms with E-state index in [0.717, 1.165) is 11.3 Å². The summed E-state index contributed by atoms with van der Waals surface area (Å²) in [6, 6.07) is 10.5.